The molecule has 1 N–H and O–H groups in total. The molecule has 1 aliphatic rings. The first-order chi connectivity index (χ1) is 9.83. The van der Waals surface area contributed by atoms with Gasteiger partial charge in [0.05, 0.1) is 18.5 Å². The van der Waals surface area contributed by atoms with Crippen molar-refractivity contribution >= 4 is 5.91 Å². The van der Waals surface area contributed by atoms with Crippen LogP contribution < -0.4 is 5.32 Å². The maximum absolute atomic E-state index is 11.8. The van der Waals surface area contributed by atoms with E-state index in [1.54, 1.807) is 7.05 Å². The van der Waals surface area contributed by atoms with Gasteiger partial charge in [0.2, 0.25) is 5.91 Å². The zero-order chi connectivity index (χ0) is 16.0. The van der Waals surface area contributed by atoms with E-state index < -0.39 is 0 Å². The van der Waals surface area contributed by atoms with Crippen molar-refractivity contribution in [3.05, 3.63) is 0 Å². The summed E-state index contributed by atoms with van der Waals surface area (Å²) in [6.07, 6.45) is 4.11. The second-order valence-electron chi connectivity index (χ2n) is 7.32. The fourth-order valence-corrected chi connectivity index (χ4v) is 3.40. The number of hydrogen-bond donors (Lipinski definition) is 1. The molecule has 0 bridgehead atoms. The number of nitrogens with one attached hydrogen (secondary N) is 1. The third-order valence-corrected chi connectivity index (χ3v) is 4.81. The van der Waals surface area contributed by atoms with Crippen LogP contribution in [0.4, 0.5) is 0 Å². The largest absolute Gasteiger partial charge is 0.358 e. The lowest BCUT2D eigenvalue weighted by Gasteiger charge is -2.44. The van der Waals surface area contributed by atoms with Gasteiger partial charge in [0.15, 0.2) is 0 Å². The number of rotatable bonds is 5. The van der Waals surface area contributed by atoms with Crippen molar-refractivity contribution in [2.24, 2.45) is 17.3 Å². The average molecular weight is 293 g/mol. The third kappa shape index (κ3) is 5.00. The molecule has 21 heavy (non-hydrogen) atoms. The number of carbonyl (C=O) groups excluding carboxylic acids is 1. The van der Waals surface area contributed by atoms with Gasteiger partial charge in [-0.1, -0.05) is 27.7 Å². The molecule has 1 rings (SSSR count). The Morgan fingerprint density at radius 3 is 2.52 bits per heavy atom. The summed E-state index contributed by atoms with van der Waals surface area (Å²) in [5, 5.41) is 12.2. The lowest BCUT2D eigenvalue weighted by Crippen LogP contribution is -2.49. The van der Waals surface area contributed by atoms with E-state index in [0.29, 0.717) is 12.5 Å². The van der Waals surface area contributed by atoms with E-state index in [0.717, 1.165) is 32.2 Å². The minimum absolute atomic E-state index is 0.0398. The summed E-state index contributed by atoms with van der Waals surface area (Å²) in [6.45, 7) is 10.3. The van der Waals surface area contributed by atoms with Crippen LogP contribution in [0.25, 0.3) is 0 Å². The van der Waals surface area contributed by atoms with Crippen molar-refractivity contribution in [1.29, 1.82) is 5.26 Å². The molecule has 1 aliphatic carbocycles. The van der Waals surface area contributed by atoms with Gasteiger partial charge in [-0.05, 0) is 43.6 Å². The normalized spacial score (nSPS) is 26.4. The number of hydrogen-bond acceptors (Lipinski definition) is 3. The van der Waals surface area contributed by atoms with E-state index in [1.807, 2.05) is 0 Å². The van der Waals surface area contributed by atoms with Gasteiger partial charge in [-0.25, -0.2) is 0 Å². The van der Waals surface area contributed by atoms with Gasteiger partial charge >= 0.3 is 0 Å². The van der Waals surface area contributed by atoms with Crippen LogP contribution >= 0.6 is 0 Å². The predicted octanol–water partition coefficient (Wildman–Crippen LogP) is 2.80. The van der Waals surface area contributed by atoms with Crippen LogP contribution in [0.3, 0.4) is 0 Å². The van der Waals surface area contributed by atoms with E-state index >= 15 is 0 Å². The molecule has 3 unspecified atom stereocenters. The molecule has 1 amide bonds. The molecule has 0 aliphatic heterocycles. The van der Waals surface area contributed by atoms with E-state index in [9.17, 15) is 10.1 Å². The zero-order valence-corrected chi connectivity index (χ0v) is 14.3. The van der Waals surface area contributed by atoms with Crippen molar-refractivity contribution in [3.63, 3.8) is 0 Å². The monoisotopic (exact) mass is 293 g/mol. The molecular formula is C17H31N3O. The Bertz CT molecular complexity index is 380. The van der Waals surface area contributed by atoms with E-state index in [-0.39, 0.29) is 23.3 Å². The quantitative estimate of drug-likeness (QED) is 0.848. The zero-order valence-electron chi connectivity index (χ0n) is 14.3. The van der Waals surface area contributed by atoms with Gasteiger partial charge in [-0.15, -0.1) is 0 Å². The van der Waals surface area contributed by atoms with Crippen LogP contribution in [0.1, 0.15) is 53.4 Å². The van der Waals surface area contributed by atoms with Crippen LogP contribution in [0.2, 0.25) is 0 Å². The minimum Gasteiger partial charge on any atom is -0.358 e. The molecule has 0 aromatic carbocycles. The fraction of sp³-hybridized carbons (Fsp3) is 0.882. The van der Waals surface area contributed by atoms with E-state index in [4.69, 9.17) is 0 Å². The molecule has 3 atom stereocenters. The Morgan fingerprint density at radius 1 is 1.38 bits per heavy atom. The van der Waals surface area contributed by atoms with Crippen LogP contribution in [0, 0.1) is 28.6 Å². The summed E-state index contributed by atoms with van der Waals surface area (Å²) < 4.78 is 0. The Labute approximate surface area is 129 Å². The van der Waals surface area contributed by atoms with Crippen LogP contribution in [-0.4, -0.2) is 37.0 Å². The van der Waals surface area contributed by atoms with Crippen molar-refractivity contribution in [3.8, 4) is 6.07 Å². The molecule has 120 valence electrons. The SMILES string of the molecule is CCCN(CC(=O)NC)C1CC(C(C)(C)C)CCC1C#N. The Kier molecular flexibility index (Phi) is 6.67. The number of amides is 1. The second-order valence-corrected chi connectivity index (χ2v) is 7.32. The van der Waals surface area contributed by atoms with Gasteiger partial charge in [0.25, 0.3) is 0 Å². The van der Waals surface area contributed by atoms with Gasteiger partial charge in [-0.3, -0.25) is 9.69 Å². The molecule has 0 spiro atoms. The van der Waals surface area contributed by atoms with Crippen LogP contribution in [0.15, 0.2) is 0 Å². The predicted molar refractivity (Wildman–Crippen MR) is 85.6 cm³/mol. The molecule has 4 heteroatoms. The molecule has 4 nitrogen and oxygen atoms in total. The Balaban J connectivity index is 2.88. The minimum atomic E-state index is 0.0398. The fourth-order valence-electron chi connectivity index (χ4n) is 3.40. The molecule has 1 fully saturated rings. The first kappa shape index (κ1) is 18.0. The molecule has 0 aromatic heterocycles. The highest BCUT2D eigenvalue weighted by atomic mass is 16.1. The summed E-state index contributed by atoms with van der Waals surface area (Å²) in [5.41, 5.74) is 0.267. The maximum Gasteiger partial charge on any atom is 0.233 e. The highest BCUT2D eigenvalue weighted by Crippen LogP contribution is 2.41. The molecule has 1 saturated carbocycles. The number of likely N-dealkylation sites (N-methyl/N-ethyl adjacent to an activating group) is 1. The van der Waals surface area contributed by atoms with Gasteiger partial charge in [0.1, 0.15) is 0 Å². The smallest absolute Gasteiger partial charge is 0.233 e. The van der Waals surface area contributed by atoms with E-state index in [2.05, 4.69) is 44.0 Å². The average Bonchev–Trinajstić information content (AvgIpc) is 2.44. The number of carbonyl (C=O) groups is 1. The van der Waals surface area contributed by atoms with E-state index in [1.165, 1.54) is 0 Å². The first-order valence-electron chi connectivity index (χ1n) is 8.17. The lowest BCUT2D eigenvalue weighted by atomic mass is 9.67. The number of nitriles is 1. The van der Waals surface area contributed by atoms with Crippen molar-refractivity contribution < 1.29 is 4.79 Å². The molecule has 0 heterocycles. The Hall–Kier alpha value is -1.08. The van der Waals surface area contributed by atoms with Crippen LogP contribution in [-0.2, 0) is 4.79 Å². The van der Waals surface area contributed by atoms with Crippen molar-refractivity contribution in [1.82, 2.24) is 10.2 Å². The highest BCUT2D eigenvalue weighted by Gasteiger charge is 2.38. The summed E-state index contributed by atoms with van der Waals surface area (Å²) >= 11 is 0. The highest BCUT2D eigenvalue weighted by molar-refractivity contribution is 5.77. The summed E-state index contributed by atoms with van der Waals surface area (Å²) in [7, 11) is 1.67. The van der Waals surface area contributed by atoms with Crippen molar-refractivity contribution in [2.45, 2.75) is 59.4 Å². The maximum atomic E-state index is 11.8. The molecule has 0 radical (unpaired) electrons. The first-order valence-corrected chi connectivity index (χ1v) is 8.17. The summed E-state index contributed by atoms with van der Waals surface area (Å²) in [6, 6.07) is 2.70. The number of nitrogens with zero attached hydrogens (tertiary/aromatic N) is 2. The van der Waals surface area contributed by atoms with Crippen molar-refractivity contribution in [2.75, 3.05) is 20.1 Å². The summed E-state index contributed by atoms with van der Waals surface area (Å²) in [5.74, 6) is 0.717. The topological polar surface area (TPSA) is 56.1 Å². The van der Waals surface area contributed by atoms with Crippen LogP contribution in [0.5, 0.6) is 0 Å². The Morgan fingerprint density at radius 2 is 2.05 bits per heavy atom. The third-order valence-electron chi connectivity index (χ3n) is 4.81. The van der Waals surface area contributed by atoms with Gasteiger partial charge < -0.3 is 5.32 Å². The molecule has 0 aromatic rings. The van der Waals surface area contributed by atoms with Gasteiger partial charge in [0, 0.05) is 13.1 Å². The van der Waals surface area contributed by atoms with Gasteiger partial charge in [-0.2, -0.15) is 5.26 Å². The molecule has 0 saturated heterocycles. The lowest BCUT2D eigenvalue weighted by molar-refractivity contribution is -0.122. The standard InChI is InChI=1S/C17H31N3O/c1-6-9-20(12-16(21)19-5)15-10-14(17(2,3)4)8-7-13(15)11-18/h13-15H,6-10,12H2,1-5H3,(H,19,21). The molecular weight excluding hydrogens is 262 g/mol. The summed E-state index contributed by atoms with van der Waals surface area (Å²) in [4.78, 5) is 14.0. The second kappa shape index (κ2) is 7.79.